The number of hydrogen-bond donors (Lipinski definition) is 0. The van der Waals surface area contributed by atoms with E-state index in [1.54, 1.807) is 13.2 Å². The minimum Gasteiger partial charge on any atom is -0.496 e. The molecule has 0 fully saturated rings. The predicted octanol–water partition coefficient (Wildman–Crippen LogP) is 3.50. The van der Waals surface area contributed by atoms with E-state index in [-0.39, 0.29) is 5.78 Å². The molecule has 4 heteroatoms. The Bertz CT molecular complexity index is 621. The summed E-state index contributed by atoms with van der Waals surface area (Å²) < 4.78 is 6.05. The standard InChI is InChI=1S/C15H14BrO2P/c1-9-7-13(16)12(8-14(9)18-2)15(17)10-3-5-11(19)6-4-10/h3-8H,19H2,1-2H3. The van der Waals surface area contributed by atoms with Crippen molar-refractivity contribution in [3.8, 4) is 5.75 Å². The SMILES string of the molecule is COc1cc(C(=O)c2ccc(P)cc2)c(Br)cc1C. The van der Waals surface area contributed by atoms with Gasteiger partial charge in [0.15, 0.2) is 5.78 Å². The van der Waals surface area contributed by atoms with Gasteiger partial charge in [-0.1, -0.05) is 40.2 Å². The van der Waals surface area contributed by atoms with Crippen LogP contribution in [0, 0.1) is 6.92 Å². The average molecular weight is 337 g/mol. The lowest BCUT2D eigenvalue weighted by Crippen LogP contribution is -2.05. The molecule has 1 unspecified atom stereocenters. The van der Waals surface area contributed by atoms with Gasteiger partial charge < -0.3 is 4.74 Å². The highest BCUT2D eigenvalue weighted by molar-refractivity contribution is 9.10. The highest BCUT2D eigenvalue weighted by Gasteiger charge is 2.15. The second kappa shape index (κ2) is 5.85. The molecule has 0 saturated carbocycles. The first kappa shape index (κ1) is 14.2. The first-order valence-corrected chi connectivity index (χ1v) is 7.14. The summed E-state index contributed by atoms with van der Waals surface area (Å²) >= 11 is 3.44. The molecule has 0 heterocycles. The van der Waals surface area contributed by atoms with Crippen LogP contribution < -0.4 is 10.0 Å². The number of methoxy groups -OCH3 is 1. The van der Waals surface area contributed by atoms with Crippen molar-refractivity contribution in [1.82, 2.24) is 0 Å². The van der Waals surface area contributed by atoms with E-state index < -0.39 is 0 Å². The van der Waals surface area contributed by atoms with E-state index in [0.717, 1.165) is 15.3 Å². The number of ether oxygens (including phenoxy) is 1. The summed E-state index contributed by atoms with van der Waals surface area (Å²) in [5, 5.41) is 1.05. The maximum absolute atomic E-state index is 12.5. The Balaban J connectivity index is 2.46. The zero-order chi connectivity index (χ0) is 14.0. The summed E-state index contributed by atoms with van der Waals surface area (Å²) in [5.74, 6) is 0.699. The first-order chi connectivity index (χ1) is 9.02. The number of halogens is 1. The van der Waals surface area contributed by atoms with Crippen LogP contribution in [0.25, 0.3) is 0 Å². The van der Waals surface area contributed by atoms with Gasteiger partial charge in [-0.25, -0.2) is 0 Å². The van der Waals surface area contributed by atoms with Crippen molar-refractivity contribution in [2.45, 2.75) is 6.92 Å². The molecule has 0 N–H and O–H groups in total. The van der Waals surface area contributed by atoms with Crippen molar-refractivity contribution in [3.05, 3.63) is 57.6 Å². The molecule has 2 aromatic carbocycles. The number of aryl methyl sites for hydroxylation is 1. The van der Waals surface area contributed by atoms with Crippen LogP contribution in [0.4, 0.5) is 0 Å². The molecule has 0 aliphatic heterocycles. The van der Waals surface area contributed by atoms with E-state index in [0.29, 0.717) is 16.9 Å². The van der Waals surface area contributed by atoms with Crippen molar-refractivity contribution < 1.29 is 9.53 Å². The predicted molar refractivity (Wildman–Crippen MR) is 84.6 cm³/mol. The maximum atomic E-state index is 12.5. The Labute approximate surface area is 123 Å². The summed E-state index contributed by atoms with van der Waals surface area (Å²) in [7, 11) is 4.21. The molecule has 0 spiro atoms. The smallest absolute Gasteiger partial charge is 0.194 e. The molecule has 0 radical (unpaired) electrons. The third kappa shape index (κ3) is 3.05. The molecule has 19 heavy (non-hydrogen) atoms. The van der Waals surface area contributed by atoms with Gasteiger partial charge in [-0.3, -0.25) is 4.79 Å². The van der Waals surface area contributed by atoms with Crippen LogP contribution in [0.15, 0.2) is 40.9 Å². The van der Waals surface area contributed by atoms with Crippen LogP contribution in [0.2, 0.25) is 0 Å². The van der Waals surface area contributed by atoms with Gasteiger partial charge >= 0.3 is 0 Å². The van der Waals surface area contributed by atoms with Crippen LogP contribution >= 0.6 is 25.2 Å². The van der Waals surface area contributed by atoms with Gasteiger partial charge in [-0.05, 0) is 29.9 Å². The Morgan fingerprint density at radius 2 is 1.84 bits per heavy atom. The summed E-state index contributed by atoms with van der Waals surface area (Å²) in [6.45, 7) is 1.95. The number of carbonyl (C=O) groups excluding carboxylic acids is 1. The lowest BCUT2D eigenvalue weighted by molar-refractivity contribution is 0.103. The second-order valence-electron chi connectivity index (χ2n) is 4.25. The van der Waals surface area contributed by atoms with E-state index in [2.05, 4.69) is 25.2 Å². The normalized spacial score (nSPS) is 10.3. The summed E-state index contributed by atoms with van der Waals surface area (Å²) in [5.41, 5.74) is 2.27. The van der Waals surface area contributed by atoms with Gasteiger partial charge in [-0.15, -0.1) is 9.24 Å². The summed E-state index contributed by atoms with van der Waals surface area (Å²) in [4.78, 5) is 12.5. The topological polar surface area (TPSA) is 26.3 Å². The van der Waals surface area contributed by atoms with Crippen LogP contribution in [0.3, 0.4) is 0 Å². The fraction of sp³-hybridized carbons (Fsp3) is 0.133. The van der Waals surface area contributed by atoms with E-state index in [4.69, 9.17) is 4.74 Å². The van der Waals surface area contributed by atoms with Crippen molar-refractivity contribution in [2.24, 2.45) is 0 Å². The van der Waals surface area contributed by atoms with Gasteiger partial charge in [-0.2, -0.15) is 0 Å². The van der Waals surface area contributed by atoms with Crippen LogP contribution in [-0.4, -0.2) is 12.9 Å². The van der Waals surface area contributed by atoms with E-state index >= 15 is 0 Å². The van der Waals surface area contributed by atoms with Gasteiger partial charge in [0, 0.05) is 15.6 Å². The minimum absolute atomic E-state index is 0.0184. The zero-order valence-corrected chi connectivity index (χ0v) is 13.5. The number of hydrogen-bond acceptors (Lipinski definition) is 2. The molecule has 0 aromatic heterocycles. The first-order valence-electron chi connectivity index (χ1n) is 5.77. The van der Waals surface area contributed by atoms with Crippen LogP contribution in [0.5, 0.6) is 5.75 Å². The van der Waals surface area contributed by atoms with E-state index in [1.165, 1.54) is 0 Å². The minimum atomic E-state index is -0.0184. The highest BCUT2D eigenvalue weighted by atomic mass is 79.9. The van der Waals surface area contributed by atoms with Gasteiger partial charge in [0.25, 0.3) is 0 Å². The average Bonchev–Trinajstić information content (AvgIpc) is 2.39. The lowest BCUT2D eigenvalue weighted by atomic mass is 10.0. The summed E-state index contributed by atoms with van der Waals surface area (Å²) in [6, 6.07) is 11.1. The van der Waals surface area contributed by atoms with Crippen LogP contribution in [-0.2, 0) is 0 Å². The number of rotatable bonds is 3. The molecule has 0 bridgehead atoms. The molecular formula is C15H14BrO2P. The Hall–Kier alpha value is -1.18. The fourth-order valence-electron chi connectivity index (χ4n) is 1.84. The molecule has 0 aliphatic carbocycles. The number of benzene rings is 2. The maximum Gasteiger partial charge on any atom is 0.194 e. The molecule has 2 rings (SSSR count). The third-order valence-electron chi connectivity index (χ3n) is 2.90. The second-order valence-corrected chi connectivity index (χ2v) is 5.77. The molecular weight excluding hydrogens is 323 g/mol. The monoisotopic (exact) mass is 336 g/mol. The quantitative estimate of drug-likeness (QED) is 0.633. The highest BCUT2D eigenvalue weighted by Crippen LogP contribution is 2.28. The molecule has 2 aromatic rings. The molecule has 1 atom stereocenters. The van der Waals surface area contributed by atoms with Gasteiger partial charge in [0.2, 0.25) is 0 Å². The van der Waals surface area contributed by atoms with Gasteiger partial charge in [0.05, 0.1) is 7.11 Å². The largest absolute Gasteiger partial charge is 0.496 e. The zero-order valence-electron chi connectivity index (χ0n) is 10.7. The van der Waals surface area contributed by atoms with Crippen molar-refractivity contribution in [3.63, 3.8) is 0 Å². The van der Waals surface area contributed by atoms with Crippen LogP contribution in [0.1, 0.15) is 21.5 Å². The van der Waals surface area contributed by atoms with Crippen molar-refractivity contribution in [2.75, 3.05) is 7.11 Å². The Morgan fingerprint density at radius 3 is 2.42 bits per heavy atom. The van der Waals surface area contributed by atoms with Crippen molar-refractivity contribution >= 4 is 36.3 Å². The van der Waals surface area contributed by atoms with Crippen molar-refractivity contribution in [1.29, 1.82) is 0 Å². The van der Waals surface area contributed by atoms with Gasteiger partial charge in [0.1, 0.15) is 5.75 Å². The fourth-order valence-corrected chi connectivity index (χ4v) is 2.67. The molecule has 0 saturated heterocycles. The number of carbonyl (C=O) groups is 1. The third-order valence-corrected chi connectivity index (χ3v) is 3.94. The van der Waals surface area contributed by atoms with E-state index in [9.17, 15) is 4.79 Å². The lowest BCUT2D eigenvalue weighted by Gasteiger charge is -2.10. The molecule has 0 aliphatic rings. The number of ketones is 1. The molecule has 98 valence electrons. The Morgan fingerprint density at radius 1 is 1.21 bits per heavy atom. The Kier molecular flexibility index (Phi) is 4.38. The summed E-state index contributed by atoms with van der Waals surface area (Å²) in [6.07, 6.45) is 0. The molecule has 0 amide bonds. The molecule has 2 nitrogen and oxygen atoms in total. The van der Waals surface area contributed by atoms with E-state index in [1.807, 2.05) is 37.3 Å².